The number of aromatic nitrogens is 3. The fourth-order valence-corrected chi connectivity index (χ4v) is 3.29. The molecule has 0 aliphatic heterocycles. The van der Waals surface area contributed by atoms with Crippen LogP contribution in [0.15, 0.2) is 84.0 Å². The van der Waals surface area contributed by atoms with E-state index in [1.165, 1.54) is 5.56 Å². The summed E-state index contributed by atoms with van der Waals surface area (Å²) >= 11 is 5.39. The van der Waals surface area contributed by atoms with Gasteiger partial charge in [-0.05, 0) is 53.0 Å². The van der Waals surface area contributed by atoms with Crippen LogP contribution in [0.3, 0.4) is 0 Å². The van der Waals surface area contributed by atoms with E-state index >= 15 is 0 Å². The van der Waals surface area contributed by atoms with Crippen molar-refractivity contribution in [2.24, 2.45) is 5.10 Å². The first-order chi connectivity index (χ1) is 14.9. The molecule has 4 rings (SSSR count). The van der Waals surface area contributed by atoms with Crippen LogP contribution in [0, 0.1) is 4.77 Å². The van der Waals surface area contributed by atoms with Gasteiger partial charge in [0.2, 0.25) is 4.77 Å². The molecule has 0 aliphatic carbocycles. The minimum atomic E-state index is 0.0915. The van der Waals surface area contributed by atoms with Crippen LogP contribution in [0.2, 0.25) is 0 Å². The molecule has 1 N–H and O–H groups in total. The van der Waals surface area contributed by atoms with Gasteiger partial charge in [0.25, 0.3) is 0 Å². The molecule has 0 unspecified atom stereocenters. The zero-order valence-electron chi connectivity index (χ0n) is 17.7. The zero-order chi connectivity index (χ0) is 21.8. The van der Waals surface area contributed by atoms with Crippen LogP contribution >= 0.6 is 12.2 Å². The molecule has 0 fully saturated rings. The number of nitrogens with one attached hydrogen (secondary N) is 1. The largest absolute Gasteiger partial charge is 0.457 e. The van der Waals surface area contributed by atoms with Gasteiger partial charge >= 0.3 is 0 Å². The normalized spacial score (nSPS) is 11.7. The van der Waals surface area contributed by atoms with Gasteiger partial charge < -0.3 is 4.74 Å². The molecule has 0 radical (unpaired) electrons. The van der Waals surface area contributed by atoms with Gasteiger partial charge in [0, 0.05) is 5.56 Å². The number of H-pyrrole nitrogens is 1. The number of hydrogen-bond acceptors (Lipinski definition) is 4. The molecule has 156 valence electrons. The fraction of sp³-hybridized carbons (Fsp3) is 0.160. The predicted octanol–water partition coefficient (Wildman–Crippen LogP) is 6.58. The lowest BCUT2D eigenvalue weighted by Gasteiger charge is -2.18. The molecule has 0 atom stereocenters. The van der Waals surface area contributed by atoms with Crippen molar-refractivity contribution in [3.8, 4) is 22.9 Å². The van der Waals surface area contributed by atoms with E-state index in [1.807, 2.05) is 66.7 Å². The summed E-state index contributed by atoms with van der Waals surface area (Å²) in [5.41, 5.74) is 3.19. The van der Waals surface area contributed by atoms with Crippen LogP contribution in [0.1, 0.15) is 31.9 Å². The number of benzene rings is 3. The van der Waals surface area contributed by atoms with Crippen molar-refractivity contribution in [1.29, 1.82) is 0 Å². The van der Waals surface area contributed by atoms with Gasteiger partial charge in [0.15, 0.2) is 5.82 Å². The highest BCUT2D eigenvalue weighted by molar-refractivity contribution is 7.71. The molecule has 4 aromatic rings. The molecule has 0 saturated heterocycles. The Morgan fingerprint density at radius 1 is 0.935 bits per heavy atom. The van der Waals surface area contributed by atoms with Crippen LogP contribution in [-0.2, 0) is 5.41 Å². The van der Waals surface area contributed by atoms with Crippen LogP contribution in [0.25, 0.3) is 11.4 Å². The van der Waals surface area contributed by atoms with Gasteiger partial charge in [-0.2, -0.15) is 14.9 Å². The summed E-state index contributed by atoms with van der Waals surface area (Å²) in [5.74, 6) is 2.19. The first-order valence-corrected chi connectivity index (χ1v) is 10.5. The molecule has 0 saturated carbocycles. The minimum Gasteiger partial charge on any atom is -0.457 e. The summed E-state index contributed by atoms with van der Waals surface area (Å²) in [6.07, 6.45) is 1.75. The van der Waals surface area contributed by atoms with Crippen molar-refractivity contribution in [1.82, 2.24) is 14.9 Å². The van der Waals surface area contributed by atoms with Crippen molar-refractivity contribution in [2.45, 2.75) is 26.2 Å². The summed E-state index contributed by atoms with van der Waals surface area (Å²) in [5, 5.41) is 11.8. The Kier molecular flexibility index (Phi) is 5.82. The van der Waals surface area contributed by atoms with Gasteiger partial charge in [0.1, 0.15) is 11.5 Å². The molecule has 6 heteroatoms. The summed E-state index contributed by atoms with van der Waals surface area (Å²) < 4.78 is 7.97. The zero-order valence-corrected chi connectivity index (χ0v) is 18.6. The Balaban J connectivity index is 1.59. The van der Waals surface area contributed by atoms with E-state index in [9.17, 15) is 0 Å². The molecule has 0 spiro atoms. The number of rotatable bonds is 5. The van der Waals surface area contributed by atoms with E-state index in [0.717, 1.165) is 22.6 Å². The van der Waals surface area contributed by atoms with Crippen molar-refractivity contribution in [3.63, 3.8) is 0 Å². The highest BCUT2D eigenvalue weighted by Crippen LogP contribution is 2.26. The van der Waals surface area contributed by atoms with E-state index in [4.69, 9.17) is 17.0 Å². The number of hydrogen-bond donors (Lipinski definition) is 1. The predicted molar refractivity (Wildman–Crippen MR) is 127 cm³/mol. The molecule has 31 heavy (non-hydrogen) atoms. The molecule has 0 amide bonds. The SMILES string of the molecule is CC(C)(C)c1ccc(-c2n[nH]c(=S)n2/N=C/c2cccc(Oc3ccccc3)c2)cc1. The average molecular weight is 429 g/mol. The fourth-order valence-electron chi connectivity index (χ4n) is 3.11. The lowest BCUT2D eigenvalue weighted by atomic mass is 9.87. The summed E-state index contributed by atoms with van der Waals surface area (Å²) in [6.45, 7) is 6.58. The number of ether oxygens (including phenoxy) is 1. The third-order valence-corrected chi connectivity index (χ3v) is 5.08. The van der Waals surface area contributed by atoms with Crippen LogP contribution in [0.5, 0.6) is 11.5 Å². The first kappa shape index (κ1) is 20.8. The Morgan fingerprint density at radius 3 is 2.35 bits per heavy atom. The summed E-state index contributed by atoms with van der Waals surface area (Å²) in [7, 11) is 0. The topological polar surface area (TPSA) is 55.2 Å². The Labute approximate surface area is 187 Å². The van der Waals surface area contributed by atoms with E-state index in [-0.39, 0.29) is 5.41 Å². The van der Waals surface area contributed by atoms with Gasteiger partial charge in [-0.25, -0.2) is 5.10 Å². The minimum absolute atomic E-state index is 0.0915. The molecule has 5 nitrogen and oxygen atoms in total. The van der Waals surface area contributed by atoms with Gasteiger partial charge in [-0.1, -0.05) is 75.4 Å². The third-order valence-electron chi connectivity index (χ3n) is 4.82. The van der Waals surface area contributed by atoms with Crippen LogP contribution in [0.4, 0.5) is 0 Å². The Morgan fingerprint density at radius 2 is 1.65 bits per heavy atom. The van der Waals surface area contributed by atoms with Crippen LogP contribution in [-0.4, -0.2) is 21.1 Å². The van der Waals surface area contributed by atoms with Crippen LogP contribution < -0.4 is 4.74 Å². The molecule has 0 aliphatic rings. The standard InChI is InChI=1S/C25H24N4OS/c1-25(2,3)20-14-12-19(13-15-20)23-27-28-24(31)29(23)26-17-18-8-7-11-22(16-18)30-21-9-5-4-6-10-21/h4-17H,1-3H3,(H,28,31)/b26-17+. The maximum Gasteiger partial charge on any atom is 0.216 e. The second-order valence-electron chi connectivity index (χ2n) is 8.22. The second kappa shape index (κ2) is 8.70. The maximum atomic E-state index is 5.90. The molecule has 0 bridgehead atoms. The smallest absolute Gasteiger partial charge is 0.216 e. The monoisotopic (exact) mass is 428 g/mol. The highest BCUT2D eigenvalue weighted by atomic mass is 32.1. The second-order valence-corrected chi connectivity index (χ2v) is 8.61. The summed E-state index contributed by atoms with van der Waals surface area (Å²) in [6, 6.07) is 25.7. The van der Waals surface area contributed by atoms with E-state index in [2.05, 4.69) is 48.2 Å². The first-order valence-electron chi connectivity index (χ1n) is 10.1. The van der Waals surface area contributed by atoms with Crippen molar-refractivity contribution in [3.05, 3.63) is 94.8 Å². The van der Waals surface area contributed by atoms with Crippen molar-refractivity contribution < 1.29 is 4.74 Å². The number of aromatic amines is 1. The van der Waals surface area contributed by atoms with Crippen molar-refractivity contribution >= 4 is 18.4 Å². The van der Waals surface area contributed by atoms with Crippen molar-refractivity contribution in [2.75, 3.05) is 0 Å². The molecular weight excluding hydrogens is 404 g/mol. The van der Waals surface area contributed by atoms with E-state index < -0.39 is 0 Å². The third kappa shape index (κ3) is 4.98. The van der Waals surface area contributed by atoms with Gasteiger partial charge in [-0.15, -0.1) is 0 Å². The van der Waals surface area contributed by atoms with Gasteiger partial charge in [0.05, 0.1) is 6.21 Å². The number of para-hydroxylation sites is 1. The molecule has 1 aromatic heterocycles. The molecule has 1 heterocycles. The maximum absolute atomic E-state index is 5.90. The summed E-state index contributed by atoms with van der Waals surface area (Å²) in [4.78, 5) is 0. The lowest BCUT2D eigenvalue weighted by Crippen LogP contribution is -2.10. The van der Waals surface area contributed by atoms with Gasteiger partial charge in [-0.3, -0.25) is 0 Å². The number of nitrogens with zero attached hydrogens (tertiary/aromatic N) is 3. The average Bonchev–Trinajstić information content (AvgIpc) is 3.13. The van der Waals surface area contributed by atoms with E-state index in [0.29, 0.717) is 10.6 Å². The lowest BCUT2D eigenvalue weighted by molar-refractivity contribution is 0.482. The Bertz CT molecular complexity index is 1250. The Hall–Kier alpha value is -3.51. The quantitative estimate of drug-likeness (QED) is 0.288. The van der Waals surface area contributed by atoms with E-state index in [1.54, 1.807) is 10.9 Å². The molecule has 3 aromatic carbocycles. The molecular formula is C25H24N4OS. The highest BCUT2D eigenvalue weighted by Gasteiger charge is 2.14.